The minimum Gasteiger partial charge on any atom is -0.393 e. The highest BCUT2D eigenvalue weighted by molar-refractivity contribution is 5.36. The molecule has 0 aromatic carbocycles. The normalized spacial score (nSPS) is 26.1. The zero-order valence-corrected chi connectivity index (χ0v) is 30.4. The van der Waals surface area contributed by atoms with Crippen LogP contribution in [0, 0.1) is 22.7 Å². The zero-order chi connectivity index (χ0) is 34.1. The van der Waals surface area contributed by atoms with Gasteiger partial charge in [0.15, 0.2) is 0 Å². The van der Waals surface area contributed by atoms with Gasteiger partial charge in [0, 0.05) is 0 Å². The van der Waals surface area contributed by atoms with Crippen molar-refractivity contribution in [3.8, 4) is 0 Å². The smallest absolute Gasteiger partial charge is 0.0585 e. The Kier molecular flexibility index (Phi) is 19.1. The van der Waals surface area contributed by atoms with E-state index in [2.05, 4.69) is 137 Å². The molecular weight excluding hydrogens is 536 g/mol. The fourth-order valence-electron chi connectivity index (χ4n) is 6.12. The second-order valence-electron chi connectivity index (χ2n) is 14.5. The Morgan fingerprint density at radius 2 is 1.39 bits per heavy atom. The predicted molar refractivity (Wildman–Crippen MR) is 198 cm³/mol. The minimum atomic E-state index is -0.171. The van der Waals surface area contributed by atoms with Gasteiger partial charge in [-0.2, -0.15) is 0 Å². The van der Waals surface area contributed by atoms with Gasteiger partial charge >= 0.3 is 0 Å². The van der Waals surface area contributed by atoms with E-state index in [1.807, 2.05) is 26.0 Å². The fraction of sp³-hybridized carbons (Fsp3) is 0.524. The molecule has 0 radical (unpaired) electrons. The van der Waals surface area contributed by atoms with E-state index in [0.29, 0.717) is 11.8 Å². The summed E-state index contributed by atoms with van der Waals surface area (Å²) in [5.41, 5.74) is 7.85. The average molecular weight is 603 g/mol. The third kappa shape index (κ3) is 17.0. The van der Waals surface area contributed by atoms with Crippen LogP contribution in [0.25, 0.3) is 0 Å². The molecule has 0 aromatic heterocycles. The molecule has 0 aliphatic heterocycles. The third-order valence-electron chi connectivity index (χ3n) is 8.26. The highest BCUT2D eigenvalue weighted by atomic mass is 16.3. The molecule has 0 heterocycles. The van der Waals surface area contributed by atoms with Crippen LogP contribution in [0.3, 0.4) is 0 Å². The highest BCUT2D eigenvalue weighted by Gasteiger charge is 2.38. The first-order valence-electron chi connectivity index (χ1n) is 16.3. The molecule has 2 aliphatic carbocycles. The van der Waals surface area contributed by atoms with Gasteiger partial charge in [0.05, 0.1) is 12.2 Å². The van der Waals surface area contributed by atoms with Crippen LogP contribution in [0.1, 0.15) is 109 Å². The van der Waals surface area contributed by atoms with Gasteiger partial charge in [-0.1, -0.05) is 142 Å². The van der Waals surface area contributed by atoms with Gasteiger partial charge in [0.25, 0.3) is 0 Å². The summed E-state index contributed by atoms with van der Waals surface area (Å²) in [5, 5.41) is 19.8. The summed E-state index contributed by atoms with van der Waals surface area (Å²) in [7, 11) is 0. The lowest BCUT2D eigenvalue weighted by molar-refractivity contribution is 0.00771. The van der Waals surface area contributed by atoms with E-state index in [0.717, 1.165) is 25.7 Å². The Hall–Kier alpha value is -2.68. The first-order chi connectivity index (χ1) is 20.4. The van der Waals surface area contributed by atoms with Gasteiger partial charge in [-0.25, -0.2) is 0 Å². The van der Waals surface area contributed by atoms with Crippen molar-refractivity contribution in [3.63, 3.8) is 0 Å². The van der Waals surface area contributed by atoms with Crippen molar-refractivity contribution in [3.05, 3.63) is 120 Å². The summed E-state index contributed by atoms with van der Waals surface area (Å²) >= 11 is 0. The number of aliphatic hydroxyl groups is 2. The van der Waals surface area contributed by atoms with Crippen molar-refractivity contribution < 1.29 is 10.2 Å². The SMILES string of the molecule is C/C=C(C)/C=C/C1=C(C)CC(O)CC1(C)C.C=C(C)C.C=C/C=C/C=C(C)/C=C/C=C(C)/C=C/C1C(C)CC(O)CC1(C)C. The standard InChI is InChI=1S/C23H34O.C15H24O.C4H8/c1-7-8-9-11-18(2)12-10-13-19(3)14-15-22-20(4)16-21(24)17-23(22,5)6;1-6-11(2)7-8-14-12(3)9-13(16)10-15(14,4)5;1-4(2)3/h7-15,20-22,24H,1,16-17H2,2-6H3;6-8,13,16H,9-10H2,1-5H3;1H2,2-3H3/b9-8+,12-10+,15-14+,18-11+,19-13+;8-7+,11-6+;. The first kappa shape index (κ1) is 41.3. The summed E-state index contributed by atoms with van der Waals surface area (Å²) in [6, 6.07) is 0. The van der Waals surface area contributed by atoms with Crippen LogP contribution in [0.5, 0.6) is 0 Å². The largest absolute Gasteiger partial charge is 0.393 e. The quantitative estimate of drug-likeness (QED) is 0.214. The summed E-state index contributed by atoms with van der Waals surface area (Å²) in [6.07, 6.45) is 28.3. The minimum absolute atomic E-state index is 0.0896. The molecule has 0 saturated heterocycles. The monoisotopic (exact) mass is 603 g/mol. The Morgan fingerprint density at radius 1 is 0.818 bits per heavy atom. The van der Waals surface area contributed by atoms with E-state index >= 15 is 0 Å². The lowest BCUT2D eigenvalue weighted by Gasteiger charge is -2.43. The molecule has 0 amide bonds. The summed E-state index contributed by atoms with van der Waals surface area (Å²) in [4.78, 5) is 0. The average Bonchev–Trinajstić information content (AvgIpc) is 2.86. The number of hydrogen-bond acceptors (Lipinski definition) is 2. The van der Waals surface area contributed by atoms with Crippen LogP contribution in [-0.4, -0.2) is 22.4 Å². The Labute approximate surface area is 272 Å². The van der Waals surface area contributed by atoms with Crippen molar-refractivity contribution >= 4 is 0 Å². The molecule has 1 fully saturated rings. The van der Waals surface area contributed by atoms with Crippen molar-refractivity contribution in [1.82, 2.24) is 0 Å². The zero-order valence-electron chi connectivity index (χ0n) is 30.4. The molecule has 2 nitrogen and oxygen atoms in total. The molecule has 0 aromatic rings. The number of rotatable bonds is 8. The molecule has 44 heavy (non-hydrogen) atoms. The maximum atomic E-state index is 10.00. The Morgan fingerprint density at radius 3 is 1.91 bits per heavy atom. The Balaban J connectivity index is 0.000000794. The molecule has 2 rings (SSSR count). The molecule has 4 unspecified atom stereocenters. The van der Waals surface area contributed by atoms with Gasteiger partial charge < -0.3 is 10.2 Å². The van der Waals surface area contributed by atoms with Crippen LogP contribution in [-0.2, 0) is 0 Å². The second kappa shape index (κ2) is 20.4. The highest BCUT2D eigenvalue weighted by Crippen LogP contribution is 2.45. The van der Waals surface area contributed by atoms with E-state index in [1.54, 1.807) is 6.08 Å². The summed E-state index contributed by atoms with van der Waals surface area (Å²) in [5.74, 6) is 1.03. The second-order valence-corrected chi connectivity index (χ2v) is 14.5. The molecule has 4 atom stereocenters. The number of allylic oxidation sites excluding steroid dienone is 17. The van der Waals surface area contributed by atoms with Crippen LogP contribution in [0.2, 0.25) is 0 Å². The van der Waals surface area contributed by atoms with Crippen LogP contribution >= 0.6 is 0 Å². The maximum absolute atomic E-state index is 10.00. The van der Waals surface area contributed by atoms with E-state index in [1.165, 1.54) is 33.4 Å². The number of hydrogen-bond donors (Lipinski definition) is 2. The maximum Gasteiger partial charge on any atom is 0.0585 e. The lowest BCUT2D eigenvalue weighted by atomic mass is 9.63. The molecule has 0 spiro atoms. The first-order valence-corrected chi connectivity index (χ1v) is 16.3. The van der Waals surface area contributed by atoms with E-state index < -0.39 is 0 Å². The summed E-state index contributed by atoms with van der Waals surface area (Å²) in [6.45, 7) is 32.9. The molecule has 2 N–H and O–H groups in total. The van der Waals surface area contributed by atoms with Crippen LogP contribution in [0.4, 0.5) is 0 Å². The molecular formula is C42H66O2. The van der Waals surface area contributed by atoms with Gasteiger partial charge in [-0.15, -0.1) is 6.58 Å². The Bertz CT molecular complexity index is 1150. The third-order valence-corrected chi connectivity index (χ3v) is 8.26. The molecule has 0 bridgehead atoms. The molecule has 2 aliphatic rings. The lowest BCUT2D eigenvalue weighted by Crippen LogP contribution is -2.38. The van der Waals surface area contributed by atoms with Gasteiger partial charge in [0.2, 0.25) is 0 Å². The van der Waals surface area contributed by atoms with E-state index in [4.69, 9.17) is 0 Å². The molecule has 2 heteroatoms. The van der Waals surface area contributed by atoms with Crippen molar-refractivity contribution in [2.75, 3.05) is 0 Å². The summed E-state index contributed by atoms with van der Waals surface area (Å²) < 4.78 is 0. The molecule has 1 saturated carbocycles. The van der Waals surface area contributed by atoms with Crippen molar-refractivity contribution in [2.45, 2.75) is 121 Å². The van der Waals surface area contributed by atoms with Gasteiger partial charge in [-0.05, 0) is 102 Å². The number of aliphatic hydroxyl groups excluding tert-OH is 2. The predicted octanol–water partition coefficient (Wildman–Crippen LogP) is 11.8. The van der Waals surface area contributed by atoms with Gasteiger partial charge in [-0.3, -0.25) is 0 Å². The van der Waals surface area contributed by atoms with E-state index in [-0.39, 0.29) is 23.0 Å². The topological polar surface area (TPSA) is 40.5 Å². The molecule has 246 valence electrons. The van der Waals surface area contributed by atoms with Crippen molar-refractivity contribution in [1.29, 1.82) is 0 Å². The van der Waals surface area contributed by atoms with Crippen LogP contribution in [0.15, 0.2) is 120 Å². The van der Waals surface area contributed by atoms with E-state index in [9.17, 15) is 10.2 Å². The van der Waals surface area contributed by atoms with Crippen LogP contribution < -0.4 is 0 Å². The fourth-order valence-corrected chi connectivity index (χ4v) is 6.12. The van der Waals surface area contributed by atoms with Gasteiger partial charge in [0.1, 0.15) is 0 Å². The van der Waals surface area contributed by atoms with Crippen molar-refractivity contribution in [2.24, 2.45) is 22.7 Å².